The molecule has 0 saturated carbocycles. The first-order valence-electron chi connectivity index (χ1n) is 6.97. The van der Waals surface area contributed by atoms with Crippen molar-refractivity contribution in [2.24, 2.45) is 0 Å². The molecular formula is C15H15N3O3. The number of aromatic hydroxyl groups is 1. The summed E-state index contributed by atoms with van der Waals surface area (Å²) in [7, 11) is 0. The maximum absolute atomic E-state index is 12.5. The maximum atomic E-state index is 12.5. The quantitative estimate of drug-likeness (QED) is 0.801. The second-order valence-corrected chi connectivity index (χ2v) is 5.34. The van der Waals surface area contributed by atoms with Crippen molar-refractivity contribution in [3.05, 3.63) is 28.8 Å². The topological polar surface area (TPSA) is 93.4 Å². The van der Waals surface area contributed by atoms with Gasteiger partial charge in [-0.05, 0) is 31.4 Å². The first-order chi connectivity index (χ1) is 10.1. The Morgan fingerprint density at radius 2 is 2.14 bits per heavy atom. The normalized spacial score (nSPS) is 21.5. The third-order valence-electron chi connectivity index (χ3n) is 4.11. The number of nitrogens with one attached hydrogen (secondary N) is 1. The number of benzene rings is 1. The van der Waals surface area contributed by atoms with Gasteiger partial charge in [0.1, 0.15) is 17.9 Å². The molecule has 1 aromatic carbocycles. The summed E-state index contributed by atoms with van der Waals surface area (Å²) in [6.45, 7) is 0.807. The average Bonchev–Trinajstić information content (AvgIpc) is 2.67. The van der Waals surface area contributed by atoms with Gasteiger partial charge in [0.25, 0.3) is 5.91 Å². The Bertz CT molecular complexity index is 663. The van der Waals surface area contributed by atoms with Gasteiger partial charge >= 0.3 is 0 Å². The van der Waals surface area contributed by atoms with E-state index in [1.54, 1.807) is 6.07 Å². The molecular weight excluding hydrogens is 270 g/mol. The van der Waals surface area contributed by atoms with E-state index in [1.165, 1.54) is 11.0 Å². The molecule has 1 fully saturated rings. The molecule has 1 aromatic rings. The Morgan fingerprint density at radius 1 is 1.33 bits per heavy atom. The SMILES string of the molecule is N#Cc1ccc2c(c1O)CN(C1CCCCNC1=O)C2=O. The van der Waals surface area contributed by atoms with E-state index in [0.717, 1.165) is 12.8 Å². The van der Waals surface area contributed by atoms with Crippen LogP contribution in [0.15, 0.2) is 12.1 Å². The van der Waals surface area contributed by atoms with Gasteiger partial charge in [0.05, 0.1) is 12.1 Å². The van der Waals surface area contributed by atoms with Gasteiger partial charge in [-0.3, -0.25) is 9.59 Å². The number of rotatable bonds is 1. The predicted molar refractivity (Wildman–Crippen MR) is 73.3 cm³/mol. The maximum Gasteiger partial charge on any atom is 0.255 e. The van der Waals surface area contributed by atoms with E-state index in [2.05, 4.69) is 5.32 Å². The summed E-state index contributed by atoms with van der Waals surface area (Å²) in [5, 5.41) is 21.8. The molecule has 0 bridgehead atoms. The number of hydrogen-bond acceptors (Lipinski definition) is 4. The standard InChI is InChI=1S/C15H15N3O3/c16-7-9-4-5-10-11(13(9)19)8-18(15(10)21)12-3-1-2-6-17-14(12)20/h4-5,12,19H,1-3,6,8H2,(H,17,20). The van der Waals surface area contributed by atoms with Crippen LogP contribution in [0.5, 0.6) is 5.75 Å². The lowest BCUT2D eigenvalue weighted by Crippen LogP contribution is -2.45. The van der Waals surface area contributed by atoms with Gasteiger partial charge in [-0.15, -0.1) is 0 Å². The van der Waals surface area contributed by atoms with Crippen LogP contribution in [0.3, 0.4) is 0 Å². The summed E-state index contributed by atoms with van der Waals surface area (Å²) < 4.78 is 0. The molecule has 108 valence electrons. The number of nitrogens with zero attached hydrogens (tertiary/aromatic N) is 2. The highest BCUT2D eigenvalue weighted by molar-refractivity contribution is 6.02. The number of carbonyl (C=O) groups excluding carboxylic acids is 2. The summed E-state index contributed by atoms with van der Waals surface area (Å²) in [5.41, 5.74) is 0.966. The lowest BCUT2D eigenvalue weighted by molar-refractivity contribution is -0.125. The molecule has 0 spiro atoms. The molecule has 6 heteroatoms. The Morgan fingerprint density at radius 3 is 2.90 bits per heavy atom. The van der Waals surface area contributed by atoms with Crippen LogP contribution < -0.4 is 5.32 Å². The molecule has 0 aromatic heterocycles. The number of nitriles is 1. The van der Waals surface area contributed by atoms with Crippen LogP contribution in [0.2, 0.25) is 0 Å². The molecule has 2 aliphatic rings. The van der Waals surface area contributed by atoms with Crippen LogP contribution in [-0.4, -0.2) is 34.4 Å². The molecule has 1 atom stereocenters. The van der Waals surface area contributed by atoms with E-state index < -0.39 is 6.04 Å². The molecule has 2 N–H and O–H groups in total. The number of amides is 2. The lowest BCUT2D eigenvalue weighted by atomic mass is 10.1. The molecule has 21 heavy (non-hydrogen) atoms. The Labute approximate surface area is 122 Å². The second-order valence-electron chi connectivity index (χ2n) is 5.34. The van der Waals surface area contributed by atoms with Crippen LogP contribution in [0.1, 0.15) is 40.7 Å². The van der Waals surface area contributed by atoms with Crippen LogP contribution in [0.25, 0.3) is 0 Å². The van der Waals surface area contributed by atoms with E-state index in [0.29, 0.717) is 24.1 Å². The minimum Gasteiger partial charge on any atom is -0.506 e. The molecule has 1 unspecified atom stereocenters. The highest BCUT2D eigenvalue weighted by Gasteiger charge is 2.38. The van der Waals surface area contributed by atoms with Crippen LogP contribution in [0, 0.1) is 11.3 Å². The Kier molecular flexibility index (Phi) is 3.26. The van der Waals surface area contributed by atoms with Gasteiger partial charge in [-0.2, -0.15) is 5.26 Å². The molecule has 2 heterocycles. The summed E-state index contributed by atoms with van der Waals surface area (Å²) >= 11 is 0. The van der Waals surface area contributed by atoms with E-state index in [4.69, 9.17) is 5.26 Å². The van der Waals surface area contributed by atoms with E-state index in [-0.39, 0.29) is 29.7 Å². The molecule has 0 aliphatic carbocycles. The molecule has 6 nitrogen and oxygen atoms in total. The van der Waals surface area contributed by atoms with Crippen LogP contribution in [0.4, 0.5) is 0 Å². The largest absolute Gasteiger partial charge is 0.506 e. The third kappa shape index (κ3) is 2.11. The fourth-order valence-corrected chi connectivity index (χ4v) is 2.96. The zero-order chi connectivity index (χ0) is 15.0. The van der Waals surface area contributed by atoms with Crippen LogP contribution in [-0.2, 0) is 11.3 Å². The van der Waals surface area contributed by atoms with Gasteiger partial charge in [-0.25, -0.2) is 0 Å². The summed E-state index contributed by atoms with van der Waals surface area (Å²) in [4.78, 5) is 26.0. The van der Waals surface area contributed by atoms with Crippen molar-refractivity contribution in [1.82, 2.24) is 10.2 Å². The van der Waals surface area contributed by atoms with Gasteiger partial charge < -0.3 is 15.3 Å². The lowest BCUT2D eigenvalue weighted by Gasteiger charge is -2.25. The van der Waals surface area contributed by atoms with Crippen molar-refractivity contribution in [2.45, 2.75) is 31.8 Å². The van der Waals surface area contributed by atoms with Crippen molar-refractivity contribution in [3.63, 3.8) is 0 Å². The van der Waals surface area contributed by atoms with Crippen molar-refractivity contribution >= 4 is 11.8 Å². The number of carbonyl (C=O) groups is 2. The zero-order valence-electron chi connectivity index (χ0n) is 11.4. The monoisotopic (exact) mass is 285 g/mol. The van der Waals surface area contributed by atoms with Gasteiger partial charge in [0.15, 0.2) is 0 Å². The third-order valence-corrected chi connectivity index (χ3v) is 4.11. The number of phenolic OH excluding ortho intramolecular Hbond substituents is 1. The predicted octanol–water partition coefficient (Wildman–Crippen LogP) is 0.888. The molecule has 3 rings (SSSR count). The Hall–Kier alpha value is -2.55. The summed E-state index contributed by atoms with van der Waals surface area (Å²) in [5.74, 6) is -0.555. The van der Waals surface area contributed by atoms with Crippen molar-refractivity contribution in [3.8, 4) is 11.8 Å². The fraction of sp³-hybridized carbons (Fsp3) is 0.400. The molecule has 0 radical (unpaired) electrons. The van der Waals surface area contributed by atoms with E-state index in [1.807, 2.05) is 6.07 Å². The molecule has 2 amide bonds. The number of fused-ring (bicyclic) bond motifs is 1. The minimum absolute atomic E-state index is 0.145. The minimum atomic E-state index is -0.502. The van der Waals surface area contributed by atoms with Crippen molar-refractivity contribution in [1.29, 1.82) is 5.26 Å². The second kappa shape index (κ2) is 5.09. The van der Waals surface area contributed by atoms with Crippen molar-refractivity contribution in [2.75, 3.05) is 6.54 Å². The average molecular weight is 285 g/mol. The summed E-state index contributed by atoms with van der Waals surface area (Å²) in [6, 6.07) is 4.37. The number of phenols is 1. The molecule has 1 saturated heterocycles. The van der Waals surface area contributed by atoms with Crippen LogP contribution >= 0.6 is 0 Å². The zero-order valence-corrected chi connectivity index (χ0v) is 11.4. The highest BCUT2D eigenvalue weighted by Crippen LogP contribution is 2.34. The van der Waals surface area contributed by atoms with Gasteiger partial charge in [0, 0.05) is 17.7 Å². The first kappa shape index (κ1) is 13.4. The number of hydrogen-bond donors (Lipinski definition) is 2. The summed E-state index contributed by atoms with van der Waals surface area (Å²) in [6.07, 6.45) is 2.40. The van der Waals surface area contributed by atoms with Gasteiger partial charge in [-0.1, -0.05) is 0 Å². The Balaban J connectivity index is 1.95. The van der Waals surface area contributed by atoms with Gasteiger partial charge in [0.2, 0.25) is 5.91 Å². The van der Waals surface area contributed by atoms with E-state index in [9.17, 15) is 14.7 Å². The fourth-order valence-electron chi connectivity index (χ4n) is 2.96. The smallest absolute Gasteiger partial charge is 0.255 e. The first-order valence-corrected chi connectivity index (χ1v) is 6.97. The van der Waals surface area contributed by atoms with Crippen molar-refractivity contribution < 1.29 is 14.7 Å². The highest BCUT2D eigenvalue weighted by atomic mass is 16.3. The van der Waals surface area contributed by atoms with E-state index >= 15 is 0 Å². The molecule has 2 aliphatic heterocycles.